The number of nitrogens with two attached hydrogens (primary N) is 1. The van der Waals surface area contributed by atoms with Gasteiger partial charge in [0.25, 0.3) is 0 Å². The monoisotopic (exact) mass is 523 g/mol. The van der Waals surface area contributed by atoms with Crippen molar-refractivity contribution in [3.05, 3.63) is 34.2 Å². The first-order valence-corrected chi connectivity index (χ1v) is 12.4. The molecule has 0 unspecified atom stereocenters. The van der Waals surface area contributed by atoms with Crippen LogP contribution in [0.2, 0.25) is 10.0 Å². The number of fused-ring (bicyclic) bond motifs is 1. The molecule has 0 saturated heterocycles. The van der Waals surface area contributed by atoms with Crippen LogP contribution in [0.15, 0.2) is 18.3 Å². The lowest BCUT2D eigenvalue weighted by Gasteiger charge is -2.21. The fourth-order valence-corrected chi connectivity index (χ4v) is 5.00. The molecule has 5 N–H and O–H groups in total. The zero-order chi connectivity index (χ0) is 25.1. The molecule has 1 aliphatic rings. The van der Waals surface area contributed by atoms with Gasteiger partial charge in [-0.05, 0) is 44.2 Å². The van der Waals surface area contributed by atoms with Gasteiger partial charge < -0.3 is 21.5 Å². The van der Waals surface area contributed by atoms with Gasteiger partial charge in [0, 0.05) is 23.5 Å². The molecule has 2 heterocycles. The highest BCUT2D eigenvalue weighted by Gasteiger charge is 2.26. The number of anilines is 3. The van der Waals surface area contributed by atoms with Crippen molar-refractivity contribution in [1.29, 1.82) is 0 Å². The van der Waals surface area contributed by atoms with Gasteiger partial charge in [0.15, 0.2) is 5.65 Å². The van der Waals surface area contributed by atoms with Gasteiger partial charge in [-0.25, -0.2) is 14.4 Å². The molecule has 0 radical (unpaired) electrons. The lowest BCUT2D eigenvalue weighted by Crippen LogP contribution is -2.19. The topological polar surface area (TPSA) is 131 Å². The minimum atomic E-state index is -0.626. The van der Waals surface area contributed by atoms with E-state index in [1.807, 2.05) is 11.5 Å². The molecular weight excluding hydrogens is 496 g/mol. The highest BCUT2D eigenvalue weighted by atomic mass is 35.5. The summed E-state index contributed by atoms with van der Waals surface area (Å²) in [6, 6.07) is 2.48. The molecular formula is C23H28Cl2FN7O2. The lowest BCUT2D eigenvalue weighted by molar-refractivity contribution is -0.118. The predicted molar refractivity (Wildman–Crippen MR) is 135 cm³/mol. The molecule has 188 valence electrons. The molecule has 3 aromatic rings. The molecule has 1 fully saturated rings. The molecule has 3 atom stereocenters. The maximum absolute atomic E-state index is 14.7. The first-order valence-electron chi connectivity index (χ1n) is 11.6. The van der Waals surface area contributed by atoms with Crippen molar-refractivity contribution in [1.82, 2.24) is 19.5 Å². The first-order chi connectivity index (χ1) is 16.7. The van der Waals surface area contributed by atoms with Crippen molar-refractivity contribution in [3.8, 4) is 0 Å². The van der Waals surface area contributed by atoms with Crippen molar-refractivity contribution in [2.45, 2.75) is 70.1 Å². The molecule has 0 aliphatic heterocycles. The predicted octanol–water partition coefficient (Wildman–Crippen LogP) is 4.95. The molecule has 1 amide bonds. The summed E-state index contributed by atoms with van der Waals surface area (Å²) in [5, 5.41) is 16.4. The number of nitrogens with zero attached hydrogens (tertiary/aromatic N) is 4. The van der Waals surface area contributed by atoms with Crippen molar-refractivity contribution in [2.75, 3.05) is 10.6 Å². The molecule has 1 aliphatic carbocycles. The Labute approximate surface area is 212 Å². The van der Waals surface area contributed by atoms with Crippen LogP contribution < -0.4 is 16.4 Å². The number of hydrogen-bond acceptors (Lipinski definition) is 7. The number of imidazole rings is 1. The largest absolute Gasteiger partial charge is 0.393 e. The SMILES string of the molecule is CCC[C@H](CCC(N)=O)n1c(Nc2c(F)cc(Cl)cc2Cl)nc2cnc(N[C@H]3CC[C@H](O)C3)nc21. The molecule has 35 heavy (non-hydrogen) atoms. The van der Waals surface area contributed by atoms with Crippen LogP contribution in [-0.2, 0) is 4.79 Å². The second kappa shape index (κ2) is 10.9. The Morgan fingerprint density at radius 2 is 2.11 bits per heavy atom. The Hall–Kier alpha value is -2.69. The Balaban J connectivity index is 1.78. The Kier molecular flexibility index (Phi) is 7.93. The summed E-state index contributed by atoms with van der Waals surface area (Å²) in [4.78, 5) is 25.3. The second-order valence-corrected chi connectivity index (χ2v) is 9.68. The summed E-state index contributed by atoms with van der Waals surface area (Å²) in [5.74, 6) is -0.314. The average molecular weight is 524 g/mol. The van der Waals surface area contributed by atoms with Gasteiger partial charge in [-0.2, -0.15) is 4.98 Å². The number of aromatic nitrogens is 4. The summed E-state index contributed by atoms with van der Waals surface area (Å²) in [5.41, 5.74) is 6.48. The van der Waals surface area contributed by atoms with Gasteiger partial charge in [0.2, 0.25) is 17.8 Å². The van der Waals surface area contributed by atoms with Crippen LogP contribution in [0, 0.1) is 5.82 Å². The first kappa shape index (κ1) is 25.4. The van der Waals surface area contributed by atoms with E-state index in [9.17, 15) is 14.3 Å². The third kappa shape index (κ3) is 5.94. The van der Waals surface area contributed by atoms with Crippen LogP contribution in [0.3, 0.4) is 0 Å². The van der Waals surface area contributed by atoms with E-state index in [0.717, 1.165) is 25.3 Å². The number of aliphatic hydroxyl groups excluding tert-OH is 1. The van der Waals surface area contributed by atoms with Gasteiger partial charge in [-0.1, -0.05) is 36.5 Å². The number of aliphatic hydroxyl groups is 1. The van der Waals surface area contributed by atoms with E-state index in [1.54, 1.807) is 6.20 Å². The Morgan fingerprint density at radius 3 is 2.77 bits per heavy atom. The van der Waals surface area contributed by atoms with E-state index >= 15 is 0 Å². The Bertz CT molecular complexity index is 1200. The van der Waals surface area contributed by atoms with Crippen molar-refractivity contribution in [3.63, 3.8) is 0 Å². The highest BCUT2D eigenvalue weighted by molar-refractivity contribution is 6.36. The summed E-state index contributed by atoms with van der Waals surface area (Å²) >= 11 is 12.2. The normalized spacial score (nSPS) is 18.7. The molecule has 0 bridgehead atoms. The second-order valence-electron chi connectivity index (χ2n) is 8.83. The van der Waals surface area contributed by atoms with Gasteiger partial charge in [0.1, 0.15) is 11.3 Å². The smallest absolute Gasteiger partial charge is 0.224 e. The van der Waals surface area contributed by atoms with Crippen LogP contribution >= 0.6 is 23.2 Å². The highest BCUT2D eigenvalue weighted by Crippen LogP contribution is 2.35. The van der Waals surface area contributed by atoms with E-state index in [1.165, 1.54) is 6.07 Å². The summed E-state index contributed by atoms with van der Waals surface area (Å²) < 4.78 is 16.6. The van der Waals surface area contributed by atoms with Crippen LogP contribution in [0.25, 0.3) is 11.2 Å². The number of carbonyl (C=O) groups is 1. The minimum absolute atomic E-state index is 0.0315. The molecule has 1 aromatic carbocycles. The summed E-state index contributed by atoms with van der Waals surface area (Å²) in [6.07, 6.45) is 5.61. The number of carbonyl (C=O) groups excluding carboxylic acids is 1. The Morgan fingerprint density at radius 1 is 1.31 bits per heavy atom. The van der Waals surface area contributed by atoms with Crippen LogP contribution in [0.1, 0.15) is 57.9 Å². The van der Waals surface area contributed by atoms with Gasteiger partial charge >= 0.3 is 0 Å². The number of amides is 1. The number of rotatable bonds is 10. The summed E-state index contributed by atoms with van der Waals surface area (Å²) in [7, 11) is 0. The fourth-order valence-electron chi connectivity index (χ4n) is 4.48. The number of nitrogens with one attached hydrogen (secondary N) is 2. The van der Waals surface area contributed by atoms with Crippen molar-refractivity contribution >= 4 is 57.9 Å². The summed E-state index contributed by atoms with van der Waals surface area (Å²) in [6.45, 7) is 2.03. The third-order valence-corrected chi connectivity index (χ3v) is 6.64. The van der Waals surface area contributed by atoms with E-state index in [2.05, 4.69) is 20.6 Å². The number of hydrogen-bond donors (Lipinski definition) is 4. The lowest BCUT2D eigenvalue weighted by atomic mass is 10.1. The zero-order valence-corrected chi connectivity index (χ0v) is 20.8. The number of benzene rings is 1. The van der Waals surface area contributed by atoms with E-state index < -0.39 is 11.7 Å². The molecule has 12 heteroatoms. The maximum Gasteiger partial charge on any atom is 0.224 e. The standard InChI is InChI=1S/C23H28Cl2FN7O2/c1-2-3-14(5-7-19(27)35)33-21-18(11-28-22(32-21)29-13-4-6-15(34)10-13)30-23(33)31-20-16(25)8-12(24)9-17(20)26/h8-9,11,13-15,34H,2-7,10H2,1H3,(H2,27,35)(H,30,31)(H,28,29,32)/t13-,14+,15-/m0/s1. The fraction of sp³-hybridized carbons (Fsp3) is 0.478. The van der Waals surface area contributed by atoms with E-state index in [0.29, 0.717) is 42.3 Å². The van der Waals surface area contributed by atoms with Crippen LogP contribution in [0.4, 0.5) is 22.0 Å². The molecule has 4 rings (SSSR count). The number of primary amides is 1. The molecule has 2 aromatic heterocycles. The van der Waals surface area contributed by atoms with Gasteiger partial charge in [-0.15, -0.1) is 0 Å². The van der Waals surface area contributed by atoms with Gasteiger partial charge in [0.05, 0.1) is 23.0 Å². The maximum atomic E-state index is 14.7. The molecule has 0 spiro atoms. The van der Waals surface area contributed by atoms with Crippen LogP contribution in [0.5, 0.6) is 0 Å². The third-order valence-electron chi connectivity index (χ3n) is 6.13. The quantitative estimate of drug-likeness (QED) is 0.295. The molecule has 1 saturated carbocycles. The van der Waals surface area contributed by atoms with Crippen molar-refractivity contribution in [2.24, 2.45) is 5.73 Å². The van der Waals surface area contributed by atoms with E-state index in [-0.39, 0.29) is 40.3 Å². The zero-order valence-electron chi connectivity index (χ0n) is 19.3. The van der Waals surface area contributed by atoms with E-state index in [4.69, 9.17) is 33.9 Å². The minimum Gasteiger partial charge on any atom is -0.393 e. The average Bonchev–Trinajstić information content (AvgIpc) is 3.36. The van der Waals surface area contributed by atoms with Crippen LogP contribution in [-0.4, -0.2) is 42.7 Å². The van der Waals surface area contributed by atoms with Gasteiger partial charge in [-0.3, -0.25) is 9.36 Å². The number of halogens is 3. The molecule has 9 nitrogen and oxygen atoms in total. The van der Waals surface area contributed by atoms with Crippen molar-refractivity contribution < 1.29 is 14.3 Å².